The third-order valence-electron chi connectivity index (χ3n) is 3.26. The maximum Gasteiger partial charge on any atom is 0.209 e. The standard InChI is InChI=1S/C10H18N2O/c1-9-6-12(7-9)10-2-4-11(8-13)5-3-10/h8-10H,2-7H2,1H3. The van der Waals surface area contributed by atoms with Crippen molar-refractivity contribution in [2.75, 3.05) is 26.2 Å². The Morgan fingerprint density at radius 1 is 1.23 bits per heavy atom. The summed E-state index contributed by atoms with van der Waals surface area (Å²) >= 11 is 0. The molecule has 0 atom stereocenters. The van der Waals surface area contributed by atoms with E-state index in [4.69, 9.17) is 0 Å². The normalized spacial score (nSPS) is 27.3. The molecule has 0 unspecified atom stereocenters. The molecular formula is C10H18N2O. The van der Waals surface area contributed by atoms with E-state index in [1.54, 1.807) is 0 Å². The molecule has 13 heavy (non-hydrogen) atoms. The highest BCUT2D eigenvalue weighted by Gasteiger charge is 2.31. The summed E-state index contributed by atoms with van der Waals surface area (Å²) in [5, 5.41) is 0. The van der Waals surface area contributed by atoms with E-state index in [1.807, 2.05) is 4.90 Å². The molecule has 0 N–H and O–H groups in total. The van der Waals surface area contributed by atoms with Crippen LogP contribution >= 0.6 is 0 Å². The predicted molar refractivity (Wildman–Crippen MR) is 51.4 cm³/mol. The summed E-state index contributed by atoms with van der Waals surface area (Å²) in [7, 11) is 0. The van der Waals surface area contributed by atoms with E-state index in [1.165, 1.54) is 25.9 Å². The highest BCUT2D eigenvalue weighted by molar-refractivity contribution is 5.47. The molecule has 2 heterocycles. The molecule has 74 valence electrons. The number of amides is 1. The lowest BCUT2D eigenvalue weighted by molar-refractivity contribution is -0.120. The minimum absolute atomic E-state index is 0.757. The monoisotopic (exact) mass is 182 g/mol. The average molecular weight is 182 g/mol. The average Bonchev–Trinajstić information content (AvgIpc) is 2.13. The fraction of sp³-hybridized carbons (Fsp3) is 0.900. The van der Waals surface area contributed by atoms with Crippen molar-refractivity contribution in [3.63, 3.8) is 0 Å². The van der Waals surface area contributed by atoms with Crippen LogP contribution < -0.4 is 0 Å². The van der Waals surface area contributed by atoms with Gasteiger partial charge in [-0.1, -0.05) is 6.92 Å². The fourth-order valence-corrected chi connectivity index (χ4v) is 2.40. The van der Waals surface area contributed by atoms with Crippen LogP contribution in [0.25, 0.3) is 0 Å². The highest BCUT2D eigenvalue weighted by Crippen LogP contribution is 2.23. The second kappa shape index (κ2) is 3.66. The minimum Gasteiger partial charge on any atom is -0.345 e. The summed E-state index contributed by atoms with van der Waals surface area (Å²) in [6.07, 6.45) is 3.33. The Kier molecular flexibility index (Phi) is 2.54. The molecule has 0 radical (unpaired) electrons. The van der Waals surface area contributed by atoms with E-state index in [0.717, 1.165) is 31.5 Å². The first-order valence-corrected chi connectivity index (χ1v) is 5.23. The Morgan fingerprint density at radius 2 is 1.85 bits per heavy atom. The van der Waals surface area contributed by atoms with Crippen molar-refractivity contribution >= 4 is 6.41 Å². The number of hydrogen-bond acceptors (Lipinski definition) is 2. The maximum atomic E-state index is 10.5. The zero-order valence-corrected chi connectivity index (χ0v) is 8.28. The molecule has 0 spiro atoms. The molecule has 2 fully saturated rings. The summed E-state index contributed by atoms with van der Waals surface area (Å²) in [6.45, 7) is 6.76. The first-order chi connectivity index (χ1) is 6.29. The topological polar surface area (TPSA) is 23.6 Å². The number of hydrogen-bond donors (Lipinski definition) is 0. The lowest BCUT2D eigenvalue weighted by Gasteiger charge is -2.45. The van der Waals surface area contributed by atoms with Crippen molar-refractivity contribution in [3.8, 4) is 0 Å². The van der Waals surface area contributed by atoms with Gasteiger partial charge in [0, 0.05) is 32.2 Å². The molecule has 0 bridgehead atoms. The molecule has 2 rings (SSSR count). The van der Waals surface area contributed by atoms with Gasteiger partial charge < -0.3 is 4.90 Å². The second-order valence-corrected chi connectivity index (χ2v) is 4.43. The predicted octanol–water partition coefficient (Wildman–Crippen LogP) is 0.559. The van der Waals surface area contributed by atoms with Gasteiger partial charge >= 0.3 is 0 Å². The molecule has 0 aromatic carbocycles. The van der Waals surface area contributed by atoms with Gasteiger partial charge in [-0.3, -0.25) is 9.69 Å². The molecule has 3 nitrogen and oxygen atoms in total. The molecular weight excluding hydrogens is 164 g/mol. The Labute approximate surface area is 79.7 Å². The van der Waals surface area contributed by atoms with E-state index < -0.39 is 0 Å². The van der Waals surface area contributed by atoms with Crippen LogP contribution in [0.4, 0.5) is 0 Å². The molecule has 0 saturated carbocycles. The lowest BCUT2D eigenvalue weighted by Crippen LogP contribution is -2.54. The van der Waals surface area contributed by atoms with Gasteiger partial charge in [-0.15, -0.1) is 0 Å². The largest absolute Gasteiger partial charge is 0.345 e. The second-order valence-electron chi connectivity index (χ2n) is 4.43. The minimum atomic E-state index is 0.757. The quantitative estimate of drug-likeness (QED) is 0.583. The van der Waals surface area contributed by atoms with Crippen molar-refractivity contribution in [2.24, 2.45) is 5.92 Å². The smallest absolute Gasteiger partial charge is 0.209 e. The number of rotatable bonds is 2. The highest BCUT2D eigenvalue weighted by atomic mass is 16.1. The number of carbonyl (C=O) groups excluding carboxylic acids is 1. The first kappa shape index (κ1) is 9.00. The number of likely N-dealkylation sites (tertiary alicyclic amines) is 2. The Morgan fingerprint density at radius 3 is 2.31 bits per heavy atom. The summed E-state index contributed by atoms with van der Waals surface area (Å²) < 4.78 is 0. The van der Waals surface area contributed by atoms with Crippen LogP contribution in [0.3, 0.4) is 0 Å². The Hall–Kier alpha value is -0.570. The van der Waals surface area contributed by atoms with Gasteiger partial charge in [0.1, 0.15) is 0 Å². The van der Waals surface area contributed by atoms with Gasteiger partial charge in [0.05, 0.1) is 0 Å². The van der Waals surface area contributed by atoms with Crippen LogP contribution in [-0.4, -0.2) is 48.4 Å². The molecule has 1 amide bonds. The summed E-state index contributed by atoms with van der Waals surface area (Å²) in [6, 6.07) is 0.757. The van der Waals surface area contributed by atoms with Gasteiger partial charge in [0.15, 0.2) is 0 Å². The summed E-state index contributed by atoms with van der Waals surface area (Å²) in [5.41, 5.74) is 0. The SMILES string of the molecule is CC1CN(C2CCN(C=O)CC2)C1. The van der Waals surface area contributed by atoms with E-state index in [0.29, 0.717) is 0 Å². The zero-order valence-electron chi connectivity index (χ0n) is 8.28. The fourth-order valence-electron chi connectivity index (χ4n) is 2.40. The van der Waals surface area contributed by atoms with Gasteiger partial charge in [-0.25, -0.2) is 0 Å². The summed E-state index contributed by atoms with van der Waals surface area (Å²) in [4.78, 5) is 14.9. The van der Waals surface area contributed by atoms with E-state index in [-0.39, 0.29) is 0 Å². The Balaban J connectivity index is 1.75. The van der Waals surface area contributed by atoms with Gasteiger partial charge in [-0.2, -0.15) is 0 Å². The first-order valence-electron chi connectivity index (χ1n) is 5.23. The number of piperidine rings is 1. The molecule has 2 aliphatic rings. The van der Waals surface area contributed by atoms with Crippen LogP contribution in [-0.2, 0) is 4.79 Å². The molecule has 0 aliphatic carbocycles. The van der Waals surface area contributed by atoms with Crippen LogP contribution in [0.1, 0.15) is 19.8 Å². The zero-order chi connectivity index (χ0) is 9.26. The van der Waals surface area contributed by atoms with Crippen molar-refractivity contribution in [1.82, 2.24) is 9.80 Å². The third kappa shape index (κ3) is 1.85. The molecule has 2 aliphatic heterocycles. The van der Waals surface area contributed by atoms with Crippen LogP contribution in [0.2, 0.25) is 0 Å². The lowest BCUT2D eigenvalue weighted by atomic mass is 9.95. The van der Waals surface area contributed by atoms with Crippen molar-refractivity contribution < 1.29 is 4.79 Å². The number of nitrogens with zero attached hydrogens (tertiary/aromatic N) is 2. The molecule has 0 aromatic heterocycles. The number of carbonyl (C=O) groups is 1. The molecule has 3 heteroatoms. The van der Waals surface area contributed by atoms with E-state index in [9.17, 15) is 4.79 Å². The van der Waals surface area contributed by atoms with Crippen molar-refractivity contribution in [1.29, 1.82) is 0 Å². The van der Waals surface area contributed by atoms with Crippen LogP contribution in [0.5, 0.6) is 0 Å². The van der Waals surface area contributed by atoms with E-state index in [2.05, 4.69) is 11.8 Å². The maximum absolute atomic E-state index is 10.5. The van der Waals surface area contributed by atoms with E-state index >= 15 is 0 Å². The molecule has 0 aromatic rings. The molecule has 2 saturated heterocycles. The van der Waals surface area contributed by atoms with Crippen molar-refractivity contribution in [3.05, 3.63) is 0 Å². The summed E-state index contributed by atoms with van der Waals surface area (Å²) in [5.74, 6) is 0.893. The Bertz CT molecular complexity index is 181. The van der Waals surface area contributed by atoms with Gasteiger partial charge in [-0.05, 0) is 18.8 Å². The van der Waals surface area contributed by atoms with Crippen LogP contribution in [0, 0.1) is 5.92 Å². The third-order valence-corrected chi connectivity index (χ3v) is 3.26. The van der Waals surface area contributed by atoms with Gasteiger partial charge in [0.2, 0.25) is 6.41 Å². The van der Waals surface area contributed by atoms with Crippen LogP contribution in [0.15, 0.2) is 0 Å². The van der Waals surface area contributed by atoms with Gasteiger partial charge in [0.25, 0.3) is 0 Å². The van der Waals surface area contributed by atoms with Crippen molar-refractivity contribution in [2.45, 2.75) is 25.8 Å².